The van der Waals surface area contributed by atoms with Crippen LogP contribution in [-0.2, 0) is 16.1 Å². The number of methoxy groups -OCH3 is 1. The van der Waals surface area contributed by atoms with Crippen molar-refractivity contribution in [3.8, 4) is 28.8 Å². The fourth-order valence-electron chi connectivity index (χ4n) is 2.41. The van der Waals surface area contributed by atoms with E-state index in [1.807, 2.05) is 0 Å². The van der Waals surface area contributed by atoms with Crippen LogP contribution in [0.4, 0.5) is 8.78 Å². The summed E-state index contributed by atoms with van der Waals surface area (Å²) in [5.74, 6) is -2.46. The number of alkyl halides is 2. The lowest BCUT2D eigenvalue weighted by atomic mass is 10.1. The minimum atomic E-state index is -3.05. The maximum atomic E-state index is 12.5. The van der Waals surface area contributed by atoms with E-state index in [1.165, 1.54) is 42.3 Å². The number of hydrogen-bond acceptors (Lipinski definition) is 7. The number of nitrogens with zero attached hydrogens (tertiary/aromatic N) is 3. The second kappa shape index (κ2) is 9.32. The maximum Gasteiger partial charge on any atom is 0.387 e. The predicted molar refractivity (Wildman–Crippen MR) is 93.3 cm³/mol. The molecule has 1 aromatic carbocycles. The SMILES string of the molecule is COc1cc(-c2nn(CCC(N)=O)cc2/C=C(\C#N)C(=O)[O-])ccc1OC(F)F. The first-order valence-electron chi connectivity index (χ1n) is 8.07. The largest absolute Gasteiger partial charge is 0.544 e. The van der Waals surface area contributed by atoms with Gasteiger partial charge in [-0.2, -0.15) is 19.1 Å². The van der Waals surface area contributed by atoms with Crippen LogP contribution in [0, 0.1) is 11.3 Å². The Labute approximate surface area is 163 Å². The van der Waals surface area contributed by atoms with Crippen molar-refractivity contribution in [2.24, 2.45) is 5.73 Å². The van der Waals surface area contributed by atoms with Crippen LogP contribution in [0.5, 0.6) is 11.5 Å². The summed E-state index contributed by atoms with van der Waals surface area (Å²) < 4.78 is 35.8. The molecule has 2 aromatic rings. The zero-order valence-corrected chi connectivity index (χ0v) is 15.1. The van der Waals surface area contributed by atoms with Gasteiger partial charge in [0.15, 0.2) is 11.5 Å². The number of nitrogens with two attached hydrogens (primary N) is 1. The van der Waals surface area contributed by atoms with Crippen LogP contribution in [0.25, 0.3) is 17.3 Å². The molecule has 0 fully saturated rings. The Morgan fingerprint density at radius 2 is 2.14 bits per heavy atom. The monoisotopic (exact) mass is 405 g/mol. The van der Waals surface area contributed by atoms with Gasteiger partial charge in [-0.3, -0.25) is 9.48 Å². The number of aromatic nitrogens is 2. The fraction of sp³-hybridized carbons (Fsp3) is 0.222. The van der Waals surface area contributed by atoms with Crippen LogP contribution in [0.15, 0.2) is 30.0 Å². The van der Waals surface area contributed by atoms with Crippen LogP contribution in [-0.4, -0.2) is 35.4 Å². The molecule has 2 N–H and O–H groups in total. The highest BCUT2D eigenvalue weighted by Crippen LogP contribution is 2.34. The summed E-state index contributed by atoms with van der Waals surface area (Å²) in [5.41, 5.74) is 5.27. The fourth-order valence-corrected chi connectivity index (χ4v) is 2.41. The Balaban J connectivity index is 2.56. The zero-order chi connectivity index (χ0) is 21.6. The van der Waals surface area contributed by atoms with Gasteiger partial charge in [0.2, 0.25) is 5.91 Å². The molecule has 1 amide bonds. The smallest absolute Gasteiger partial charge is 0.387 e. The Morgan fingerprint density at radius 3 is 2.69 bits per heavy atom. The summed E-state index contributed by atoms with van der Waals surface area (Å²) in [6.45, 7) is -2.95. The second-order valence-electron chi connectivity index (χ2n) is 5.61. The summed E-state index contributed by atoms with van der Waals surface area (Å²) in [6, 6.07) is 5.51. The highest BCUT2D eigenvalue weighted by atomic mass is 19.3. The van der Waals surface area contributed by atoms with Gasteiger partial charge in [0.1, 0.15) is 6.07 Å². The van der Waals surface area contributed by atoms with Crippen LogP contribution in [0.3, 0.4) is 0 Å². The number of carbonyl (C=O) groups excluding carboxylic acids is 2. The molecular formula is C18H15F2N4O5-. The third-order valence-corrected chi connectivity index (χ3v) is 3.67. The number of hydrogen-bond donors (Lipinski definition) is 1. The lowest BCUT2D eigenvalue weighted by Crippen LogP contribution is -2.23. The van der Waals surface area contributed by atoms with Crippen molar-refractivity contribution in [2.75, 3.05) is 7.11 Å². The Kier molecular flexibility index (Phi) is 6.86. The average Bonchev–Trinajstić information content (AvgIpc) is 3.06. The van der Waals surface area contributed by atoms with Crippen molar-refractivity contribution in [3.63, 3.8) is 0 Å². The van der Waals surface area contributed by atoms with E-state index in [1.54, 1.807) is 0 Å². The Bertz CT molecular complexity index is 995. The van der Waals surface area contributed by atoms with E-state index in [2.05, 4.69) is 9.84 Å². The second-order valence-corrected chi connectivity index (χ2v) is 5.61. The average molecular weight is 405 g/mol. The molecule has 0 radical (unpaired) electrons. The van der Waals surface area contributed by atoms with Crippen molar-refractivity contribution < 1.29 is 33.0 Å². The van der Waals surface area contributed by atoms with Crippen LogP contribution in [0.1, 0.15) is 12.0 Å². The minimum Gasteiger partial charge on any atom is -0.544 e. The molecule has 0 spiro atoms. The van der Waals surface area contributed by atoms with Crippen molar-refractivity contribution >= 4 is 18.0 Å². The highest BCUT2D eigenvalue weighted by molar-refractivity contribution is 5.96. The number of carbonyl (C=O) groups is 2. The molecule has 1 aromatic heterocycles. The molecule has 9 nitrogen and oxygen atoms in total. The highest BCUT2D eigenvalue weighted by Gasteiger charge is 2.16. The Hall–Kier alpha value is -3.94. The molecule has 0 bridgehead atoms. The molecule has 0 aliphatic heterocycles. The van der Waals surface area contributed by atoms with Crippen molar-refractivity contribution in [2.45, 2.75) is 19.6 Å². The summed E-state index contributed by atoms with van der Waals surface area (Å²) in [4.78, 5) is 22.1. The van der Waals surface area contributed by atoms with Gasteiger partial charge < -0.3 is 25.1 Å². The normalized spacial score (nSPS) is 11.2. The van der Waals surface area contributed by atoms with E-state index in [-0.39, 0.29) is 35.7 Å². The molecule has 2 rings (SSSR count). The topological polar surface area (TPSA) is 143 Å². The molecule has 29 heavy (non-hydrogen) atoms. The molecule has 0 atom stereocenters. The van der Waals surface area contributed by atoms with Crippen LogP contribution >= 0.6 is 0 Å². The molecule has 0 aliphatic carbocycles. The van der Waals surface area contributed by atoms with Crippen molar-refractivity contribution in [1.29, 1.82) is 5.26 Å². The molecule has 0 saturated heterocycles. The van der Waals surface area contributed by atoms with Crippen LogP contribution < -0.4 is 20.3 Å². The van der Waals surface area contributed by atoms with E-state index in [0.29, 0.717) is 5.56 Å². The van der Waals surface area contributed by atoms with Gasteiger partial charge in [-0.15, -0.1) is 0 Å². The number of benzene rings is 1. The zero-order valence-electron chi connectivity index (χ0n) is 15.1. The summed E-state index contributed by atoms with van der Waals surface area (Å²) in [5, 5.41) is 24.3. The first kappa shape index (κ1) is 21.4. The maximum absolute atomic E-state index is 12.5. The summed E-state index contributed by atoms with van der Waals surface area (Å²) in [6.07, 6.45) is 2.43. The summed E-state index contributed by atoms with van der Waals surface area (Å²) in [7, 11) is 1.26. The molecule has 1 heterocycles. The number of aliphatic carboxylic acids is 1. The van der Waals surface area contributed by atoms with Crippen molar-refractivity contribution in [1.82, 2.24) is 9.78 Å². The van der Waals surface area contributed by atoms with E-state index in [4.69, 9.17) is 15.7 Å². The first-order chi connectivity index (χ1) is 13.7. The number of carboxylic acids is 1. The van der Waals surface area contributed by atoms with E-state index in [0.717, 1.165) is 6.08 Å². The first-order valence-corrected chi connectivity index (χ1v) is 8.07. The van der Waals surface area contributed by atoms with E-state index >= 15 is 0 Å². The van der Waals surface area contributed by atoms with E-state index < -0.39 is 24.1 Å². The quantitative estimate of drug-likeness (QED) is 0.477. The lowest BCUT2D eigenvalue weighted by molar-refractivity contribution is -0.298. The minimum absolute atomic E-state index is 0.00942. The number of ether oxygens (including phenoxy) is 2. The number of rotatable bonds is 9. The molecular weight excluding hydrogens is 390 g/mol. The van der Waals surface area contributed by atoms with Gasteiger partial charge in [-0.05, 0) is 24.3 Å². The third-order valence-electron chi connectivity index (χ3n) is 3.67. The van der Waals surface area contributed by atoms with E-state index in [9.17, 15) is 23.5 Å². The number of aryl methyl sites for hydroxylation is 1. The predicted octanol–water partition coefficient (Wildman–Crippen LogP) is 0.692. The van der Waals surface area contributed by atoms with Crippen LogP contribution in [0.2, 0.25) is 0 Å². The van der Waals surface area contributed by atoms with Gasteiger partial charge in [0.05, 0.1) is 24.3 Å². The molecule has 0 aliphatic rings. The third kappa shape index (κ3) is 5.52. The molecule has 0 saturated carbocycles. The van der Waals surface area contributed by atoms with Gasteiger partial charge >= 0.3 is 6.61 Å². The molecule has 152 valence electrons. The number of amides is 1. The Morgan fingerprint density at radius 1 is 1.41 bits per heavy atom. The number of nitriles is 1. The molecule has 11 heteroatoms. The number of primary amides is 1. The molecule has 0 unspecified atom stereocenters. The van der Waals surface area contributed by atoms with Gasteiger partial charge in [-0.25, -0.2) is 0 Å². The number of halogens is 2. The van der Waals surface area contributed by atoms with Crippen molar-refractivity contribution in [3.05, 3.63) is 35.5 Å². The summed E-state index contributed by atoms with van der Waals surface area (Å²) >= 11 is 0. The van der Waals surface area contributed by atoms with Gasteiger partial charge in [0, 0.05) is 30.3 Å². The van der Waals surface area contributed by atoms with Gasteiger partial charge in [0.25, 0.3) is 0 Å². The lowest BCUT2D eigenvalue weighted by Gasteiger charge is -2.11. The number of carboxylic acid groups (broad SMARTS) is 1. The van der Waals surface area contributed by atoms with Gasteiger partial charge in [-0.1, -0.05) is 0 Å². The standard InChI is InChI=1S/C18H16F2N4O5/c1-28-14-7-10(2-3-13(14)29-18(19)20)16-12(6-11(8-21)17(26)27)9-24(23-16)5-4-15(22)25/h2-3,6-7,9,18H,4-5H2,1H3,(H2,22,25)(H,26,27)/p-1/b11-6+.